The van der Waals surface area contributed by atoms with Crippen molar-refractivity contribution in [2.45, 2.75) is 49.7 Å². The van der Waals surface area contributed by atoms with Gasteiger partial charge in [0.05, 0.1) is 17.7 Å². The molecular formula is C24H28F3N3O2S. The number of hydrogen-bond acceptors (Lipinski definition) is 4. The monoisotopic (exact) mass is 479 g/mol. The van der Waals surface area contributed by atoms with Crippen LogP contribution in [0.15, 0.2) is 47.4 Å². The van der Waals surface area contributed by atoms with Crippen LogP contribution >= 0.6 is 11.8 Å². The van der Waals surface area contributed by atoms with Gasteiger partial charge in [-0.15, -0.1) is 11.8 Å². The summed E-state index contributed by atoms with van der Waals surface area (Å²) in [6, 6.07) is 10.9. The van der Waals surface area contributed by atoms with Gasteiger partial charge in [0.25, 0.3) is 5.91 Å². The van der Waals surface area contributed by atoms with Gasteiger partial charge in [-0.1, -0.05) is 30.5 Å². The number of nitrogens with two attached hydrogens (primary N) is 1. The van der Waals surface area contributed by atoms with Crippen LogP contribution in [-0.2, 0) is 11.0 Å². The maximum absolute atomic E-state index is 12.9. The van der Waals surface area contributed by atoms with E-state index >= 15 is 0 Å². The second-order valence-corrected chi connectivity index (χ2v) is 9.42. The summed E-state index contributed by atoms with van der Waals surface area (Å²) >= 11 is 1.76. The summed E-state index contributed by atoms with van der Waals surface area (Å²) in [5.74, 6) is 0.0000334. The number of nitrogen functional groups attached to an aromatic ring is 1. The second-order valence-electron chi connectivity index (χ2n) is 8.33. The maximum Gasteiger partial charge on any atom is 0.416 e. The van der Waals surface area contributed by atoms with E-state index in [1.54, 1.807) is 11.8 Å². The lowest BCUT2D eigenvalue weighted by Crippen LogP contribution is -2.47. The Morgan fingerprint density at radius 2 is 1.79 bits per heavy atom. The average molecular weight is 480 g/mol. The summed E-state index contributed by atoms with van der Waals surface area (Å²) in [5, 5.41) is 5.38. The molecule has 4 N–H and O–H groups in total. The molecule has 1 aliphatic carbocycles. The van der Waals surface area contributed by atoms with Gasteiger partial charge >= 0.3 is 6.18 Å². The first-order valence-electron chi connectivity index (χ1n) is 10.9. The van der Waals surface area contributed by atoms with Crippen molar-refractivity contribution in [2.24, 2.45) is 5.92 Å². The molecule has 0 aliphatic heterocycles. The standard InChI is InChI=1S/C24H28F3N3O2S/c1-15-6-9-18(10-7-15)33-14-16-4-2-3-5-21(16)30-22(31)13-29-23(32)19-12-17(24(25,26)27)8-11-20(19)28/h6-12,16,21H,2-5,13-14,28H2,1H3,(H,29,32)(H,30,31)/t16-,21+/m1/s1. The number of anilines is 1. The number of carbonyl (C=O) groups is 2. The molecule has 0 spiro atoms. The number of amides is 2. The Bertz CT molecular complexity index is 980. The van der Waals surface area contributed by atoms with Crippen molar-refractivity contribution in [1.82, 2.24) is 10.6 Å². The number of thioether (sulfide) groups is 1. The summed E-state index contributed by atoms with van der Waals surface area (Å²) in [6.07, 6.45) is -0.593. The molecule has 178 valence electrons. The Kier molecular flexibility index (Phi) is 8.29. The second kappa shape index (κ2) is 11.0. The Hall–Kier alpha value is -2.68. The third-order valence-corrected chi connectivity index (χ3v) is 6.98. The number of alkyl halides is 3. The topological polar surface area (TPSA) is 84.2 Å². The van der Waals surface area contributed by atoms with Crippen LogP contribution in [0.2, 0.25) is 0 Å². The molecule has 3 rings (SSSR count). The van der Waals surface area contributed by atoms with E-state index in [2.05, 4.69) is 34.9 Å². The van der Waals surface area contributed by atoms with E-state index in [0.29, 0.717) is 12.0 Å². The van der Waals surface area contributed by atoms with Crippen molar-refractivity contribution in [3.05, 3.63) is 59.2 Å². The Morgan fingerprint density at radius 3 is 2.48 bits per heavy atom. The molecule has 2 amide bonds. The summed E-state index contributed by atoms with van der Waals surface area (Å²) in [6.45, 7) is 1.71. The number of rotatable bonds is 7. The molecule has 0 heterocycles. The van der Waals surface area contributed by atoms with Gasteiger partial charge in [-0.05, 0) is 56.0 Å². The highest BCUT2D eigenvalue weighted by Gasteiger charge is 2.32. The molecule has 9 heteroatoms. The molecule has 1 fully saturated rings. The molecule has 0 unspecified atom stereocenters. The average Bonchev–Trinajstić information content (AvgIpc) is 2.77. The highest BCUT2D eigenvalue weighted by atomic mass is 32.2. The first-order valence-corrected chi connectivity index (χ1v) is 11.9. The zero-order valence-corrected chi connectivity index (χ0v) is 19.2. The summed E-state index contributed by atoms with van der Waals surface area (Å²) in [5.41, 5.74) is 5.52. The van der Waals surface area contributed by atoms with Crippen LogP contribution < -0.4 is 16.4 Å². The molecule has 2 aromatic rings. The number of nitrogens with one attached hydrogen (secondary N) is 2. The van der Waals surface area contributed by atoms with Gasteiger partial charge in [0.1, 0.15) is 0 Å². The smallest absolute Gasteiger partial charge is 0.398 e. The van der Waals surface area contributed by atoms with Crippen molar-refractivity contribution < 1.29 is 22.8 Å². The lowest BCUT2D eigenvalue weighted by molar-refractivity contribution is -0.137. The SMILES string of the molecule is Cc1ccc(SC[C@H]2CCCC[C@@H]2NC(=O)CNC(=O)c2cc(C(F)(F)F)ccc2N)cc1. The highest BCUT2D eigenvalue weighted by Crippen LogP contribution is 2.32. The molecule has 0 saturated heterocycles. The Balaban J connectivity index is 1.53. The van der Waals surface area contributed by atoms with E-state index in [1.807, 2.05) is 6.92 Å². The van der Waals surface area contributed by atoms with Crippen LogP contribution in [0.5, 0.6) is 0 Å². The lowest BCUT2D eigenvalue weighted by atomic mass is 9.86. The minimum Gasteiger partial charge on any atom is -0.398 e. The molecule has 33 heavy (non-hydrogen) atoms. The van der Waals surface area contributed by atoms with Crippen LogP contribution in [0.3, 0.4) is 0 Å². The largest absolute Gasteiger partial charge is 0.416 e. The molecular weight excluding hydrogens is 451 g/mol. The van der Waals surface area contributed by atoms with Crippen LogP contribution in [0.4, 0.5) is 18.9 Å². The van der Waals surface area contributed by atoms with Crippen molar-refractivity contribution in [3.8, 4) is 0 Å². The minimum atomic E-state index is -4.59. The van der Waals surface area contributed by atoms with E-state index in [-0.39, 0.29) is 29.7 Å². The van der Waals surface area contributed by atoms with Crippen LogP contribution in [-0.4, -0.2) is 30.2 Å². The number of halogens is 3. The predicted molar refractivity (Wildman–Crippen MR) is 124 cm³/mol. The van der Waals surface area contributed by atoms with Crippen LogP contribution in [0.25, 0.3) is 0 Å². The fraction of sp³-hybridized carbons (Fsp3) is 0.417. The van der Waals surface area contributed by atoms with E-state index < -0.39 is 17.6 Å². The van der Waals surface area contributed by atoms with E-state index in [4.69, 9.17) is 5.73 Å². The quantitative estimate of drug-likeness (QED) is 0.394. The zero-order valence-electron chi connectivity index (χ0n) is 18.4. The van der Waals surface area contributed by atoms with Gasteiger partial charge in [-0.3, -0.25) is 9.59 Å². The van der Waals surface area contributed by atoms with Crippen LogP contribution in [0, 0.1) is 12.8 Å². The summed E-state index contributed by atoms with van der Waals surface area (Å²) < 4.78 is 38.8. The predicted octanol–water partition coefficient (Wildman–Crippen LogP) is 4.79. The fourth-order valence-electron chi connectivity index (χ4n) is 3.88. The third-order valence-electron chi connectivity index (χ3n) is 5.78. The summed E-state index contributed by atoms with van der Waals surface area (Å²) in [7, 11) is 0. The Labute approximate surface area is 195 Å². The highest BCUT2D eigenvalue weighted by molar-refractivity contribution is 7.99. The molecule has 2 aromatic carbocycles. The van der Waals surface area contributed by atoms with Crippen molar-refractivity contribution in [1.29, 1.82) is 0 Å². The maximum atomic E-state index is 12.9. The van der Waals surface area contributed by atoms with Gasteiger partial charge in [0, 0.05) is 22.4 Å². The van der Waals surface area contributed by atoms with Crippen molar-refractivity contribution in [3.63, 3.8) is 0 Å². The third kappa shape index (κ3) is 7.15. The van der Waals surface area contributed by atoms with Gasteiger partial charge < -0.3 is 16.4 Å². The van der Waals surface area contributed by atoms with Crippen molar-refractivity contribution in [2.75, 3.05) is 18.0 Å². The fourth-order valence-corrected chi connectivity index (χ4v) is 5.01. The summed E-state index contributed by atoms with van der Waals surface area (Å²) in [4.78, 5) is 26.0. The molecule has 5 nitrogen and oxygen atoms in total. The lowest BCUT2D eigenvalue weighted by Gasteiger charge is -2.32. The zero-order chi connectivity index (χ0) is 24.0. The van der Waals surface area contributed by atoms with Crippen molar-refractivity contribution >= 4 is 29.3 Å². The molecule has 0 bridgehead atoms. The van der Waals surface area contributed by atoms with Crippen LogP contribution in [0.1, 0.15) is 47.2 Å². The normalized spacial score (nSPS) is 18.5. The Morgan fingerprint density at radius 1 is 1.09 bits per heavy atom. The molecule has 2 atom stereocenters. The first kappa shape index (κ1) is 25.0. The van der Waals surface area contributed by atoms with Gasteiger partial charge in [-0.25, -0.2) is 0 Å². The number of aryl methyl sites for hydroxylation is 1. The van der Waals surface area contributed by atoms with Gasteiger partial charge in [0.15, 0.2) is 0 Å². The van der Waals surface area contributed by atoms with E-state index in [9.17, 15) is 22.8 Å². The molecule has 1 aliphatic rings. The number of hydrogen-bond donors (Lipinski definition) is 3. The molecule has 0 radical (unpaired) electrons. The molecule has 1 saturated carbocycles. The number of benzene rings is 2. The first-order chi connectivity index (χ1) is 15.6. The van der Waals surface area contributed by atoms with Gasteiger partial charge in [0.2, 0.25) is 5.91 Å². The van der Waals surface area contributed by atoms with E-state index in [1.165, 1.54) is 10.5 Å². The molecule has 0 aromatic heterocycles. The number of carbonyl (C=O) groups excluding carboxylic acids is 2. The van der Waals surface area contributed by atoms with E-state index in [0.717, 1.165) is 43.6 Å². The van der Waals surface area contributed by atoms with Gasteiger partial charge in [-0.2, -0.15) is 13.2 Å². The minimum absolute atomic E-state index is 0.000253.